The lowest BCUT2D eigenvalue weighted by molar-refractivity contribution is 0.0666. The lowest BCUT2D eigenvalue weighted by atomic mass is 10.1. The molecule has 6 heteroatoms. The second-order valence-corrected chi connectivity index (χ2v) is 5.73. The predicted octanol–water partition coefficient (Wildman–Crippen LogP) is 3.06. The Balaban J connectivity index is 1.77. The number of rotatable bonds is 7. The molecule has 130 valence electrons. The molecule has 0 spiro atoms. The van der Waals surface area contributed by atoms with Gasteiger partial charge in [-0.3, -0.25) is 4.79 Å². The summed E-state index contributed by atoms with van der Waals surface area (Å²) in [6.07, 6.45) is 3.36. The van der Waals surface area contributed by atoms with Crippen LogP contribution in [0.1, 0.15) is 21.8 Å². The highest BCUT2D eigenvalue weighted by Gasteiger charge is 2.17. The maximum Gasteiger partial charge on any atom is 0.254 e. The van der Waals surface area contributed by atoms with Crippen LogP contribution in [0.4, 0.5) is 0 Å². The van der Waals surface area contributed by atoms with Gasteiger partial charge >= 0.3 is 0 Å². The monoisotopic (exact) mass is 339 g/mol. The molecule has 2 heterocycles. The third-order valence-corrected chi connectivity index (χ3v) is 3.97. The van der Waals surface area contributed by atoms with Crippen LogP contribution in [-0.2, 0) is 11.3 Å². The van der Waals surface area contributed by atoms with Crippen molar-refractivity contribution in [2.24, 2.45) is 0 Å². The molecule has 25 heavy (non-hydrogen) atoms. The fraction of sp³-hybridized carbons (Fsp3) is 0.263. The fourth-order valence-electron chi connectivity index (χ4n) is 2.61. The Kier molecular flexibility index (Phi) is 5.30. The van der Waals surface area contributed by atoms with Crippen LogP contribution in [0.5, 0.6) is 0 Å². The molecule has 0 radical (unpaired) electrons. The van der Waals surface area contributed by atoms with Gasteiger partial charge in [-0.2, -0.15) is 5.10 Å². The average Bonchev–Trinajstić information content (AvgIpc) is 3.29. The first-order valence-corrected chi connectivity index (χ1v) is 8.10. The molecule has 0 unspecified atom stereocenters. The summed E-state index contributed by atoms with van der Waals surface area (Å²) in [7, 11) is 1.62. The first kappa shape index (κ1) is 17.0. The molecule has 0 aliphatic rings. The zero-order chi connectivity index (χ0) is 17.6. The minimum atomic E-state index is -0.0582. The molecule has 0 atom stereocenters. The van der Waals surface area contributed by atoms with E-state index >= 15 is 0 Å². The summed E-state index contributed by atoms with van der Waals surface area (Å²) in [5.41, 5.74) is 2.59. The number of aromatic nitrogens is 2. The molecule has 0 saturated heterocycles. The summed E-state index contributed by atoms with van der Waals surface area (Å²) < 4.78 is 12.3. The molecule has 1 amide bonds. The summed E-state index contributed by atoms with van der Waals surface area (Å²) in [5, 5.41) is 4.28. The molecule has 0 saturated carbocycles. The topological polar surface area (TPSA) is 60.5 Å². The Morgan fingerprint density at radius 3 is 2.64 bits per heavy atom. The summed E-state index contributed by atoms with van der Waals surface area (Å²) in [4.78, 5) is 14.6. The summed E-state index contributed by atoms with van der Waals surface area (Å²) in [6, 6.07) is 13.0. The van der Waals surface area contributed by atoms with Crippen LogP contribution in [0, 0.1) is 6.92 Å². The van der Waals surface area contributed by atoms with Gasteiger partial charge in [0.2, 0.25) is 0 Å². The van der Waals surface area contributed by atoms with Crippen LogP contribution in [0.3, 0.4) is 0 Å². The van der Waals surface area contributed by atoms with Gasteiger partial charge in [-0.15, -0.1) is 0 Å². The number of amides is 1. The van der Waals surface area contributed by atoms with E-state index in [9.17, 15) is 4.79 Å². The summed E-state index contributed by atoms with van der Waals surface area (Å²) in [5.74, 6) is 0.686. The Hall–Kier alpha value is -2.86. The third kappa shape index (κ3) is 3.97. The van der Waals surface area contributed by atoms with E-state index in [1.165, 1.54) is 0 Å². The van der Waals surface area contributed by atoms with Gasteiger partial charge in [-0.25, -0.2) is 4.68 Å². The molecule has 0 fully saturated rings. The molecule has 1 aromatic carbocycles. The largest absolute Gasteiger partial charge is 0.467 e. The van der Waals surface area contributed by atoms with Gasteiger partial charge in [-0.05, 0) is 49.4 Å². The molecule has 0 aliphatic carbocycles. The highest BCUT2D eigenvalue weighted by molar-refractivity contribution is 5.94. The van der Waals surface area contributed by atoms with Crippen molar-refractivity contribution >= 4 is 5.91 Å². The molecule has 0 N–H and O–H groups in total. The molecular weight excluding hydrogens is 318 g/mol. The van der Waals surface area contributed by atoms with Crippen LogP contribution < -0.4 is 0 Å². The van der Waals surface area contributed by atoms with E-state index in [4.69, 9.17) is 9.15 Å². The molecule has 3 rings (SSSR count). The number of hydrogen-bond acceptors (Lipinski definition) is 4. The van der Waals surface area contributed by atoms with E-state index in [0.717, 1.165) is 17.1 Å². The van der Waals surface area contributed by atoms with Crippen molar-refractivity contribution in [1.29, 1.82) is 0 Å². The van der Waals surface area contributed by atoms with Crippen molar-refractivity contribution < 1.29 is 13.9 Å². The third-order valence-electron chi connectivity index (χ3n) is 3.97. The highest BCUT2D eigenvalue weighted by Crippen LogP contribution is 2.15. The van der Waals surface area contributed by atoms with Gasteiger partial charge in [0.1, 0.15) is 5.76 Å². The quantitative estimate of drug-likeness (QED) is 0.664. The number of carbonyl (C=O) groups is 1. The Morgan fingerprint density at radius 2 is 2.04 bits per heavy atom. The van der Waals surface area contributed by atoms with Crippen LogP contribution in [-0.4, -0.2) is 40.8 Å². The van der Waals surface area contributed by atoms with Gasteiger partial charge in [0.25, 0.3) is 5.91 Å². The molecule has 0 bridgehead atoms. The number of methoxy groups -OCH3 is 1. The van der Waals surface area contributed by atoms with Crippen molar-refractivity contribution in [1.82, 2.24) is 14.7 Å². The van der Waals surface area contributed by atoms with Gasteiger partial charge in [0.05, 0.1) is 25.1 Å². The second-order valence-electron chi connectivity index (χ2n) is 5.73. The van der Waals surface area contributed by atoms with Crippen LogP contribution in [0.2, 0.25) is 0 Å². The summed E-state index contributed by atoms with van der Waals surface area (Å²) >= 11 is 0. The minimum absolute atomic E-state index is 0.0582. The fourth-order valence-corrected chi connectivity index (χ4v) is 2.61. The van der Waals surface area contributed by atoms with E-state index in [2.05, 4.69) is 5.10 Å². The second kappa shape index (κ2) is 7.81. The van der Waals surface area contributed by atoms with Crippen molar-refractivity contribution in [3.8, 4) is 5.69 Å². The van der Waals surface area contributed by atoms with Gasteiger partial charge in [-0.1, -0.05) is 0 Å². The van der Waals surface area contributed by atoms with Crippen LogP contribution in [0.25, 0.3) is 5.69 Å². The number of nitrogens with zero attached hydrogens (tertiary/aromatic N) is 3. The Morgan fingerprint density at radius 1 is 1.24 bits per heavy atom. The normalized spacial score (nSPS) is 10.8. The highest BCUT2D eigenvalue weighted by atomic mass is 16.5. The zero-order valence-corrected chi connectivity index (χ0v) is 14.4. The SMILES string of the molecule is COCCN(Cc1ccco1)C(=O)c1ccc(-n2nccc2C)cc1. The number of hydrogen-bond donors (Lipinski definition) is 0. The lowest BCUT2D eigenvalue weighted by Gasteiger charge is -2.21. The van der Waals surface area contributed by atoms with Gasteiger partial charge in [0.15, 0.2) is 0 Å². The van der Waals surface area contributed by atoms with Crippen molar-refractivity contribution in [2.75, 3.05) is 20.3 Å². The number of carbonyl (C=O) groups excluding carboxylic acids is 1. The van der Waals surface area contributed by atoms with E-state index in [1.54, 1.807) is 24.5 Å². The van der Waals surface area contributed by atoms with Crippen molar-refractivity contribution in [3.63, 3.8) is 0 Å². The zero-order valence-electron chi connectivity index (χ0n) is 14.4. The minimum Gasteiger partial charge on any atom is -0.467 e. The molecule has 3 aromatic rings. The van der Waals surface area contributed by atoms with E-state index in [-0.39, 0.29) is 5.91 Å². The van der Waals surface area contributed by atoms with Gasteiger partial charge < -0.3 is 14.1 Å². The number of aryl methyl sites for hydroxylation is 1. The average molecular weight is 339 g/mol. The first-order valence-electron chi connectivity index (χ1n) is 8.10. The summed E-state index contributed by atoms with van der Waals surface area (Å²) in [6.45, 7) is 3.37. The molecule has 6 nitrogen and oxygen atoms in total. The Bertz CT molecular complexity index is 807. The molecular formula is C19H21N3O3. The lowest BCUT2D eigenvalue weighted by Crippen LogP contribution is -2.33. The maximum atomic E-state index is 12.8. The van der Waals surface area contributed by atoms with E-state index < -0.39 is 0 Å². The van der Waals surface area contributed by atoms with Gasteiger partial charge in [0, 0.05) is 31.1 Å². The number of ether oxygens (including phenoxy) is 1. The smallest absolute Gasteiger partial charge is 0.254 e. The standard InChI is InChI=1S/C19H21N3O3/c1-15-9-10-20-22(15)17-7-5-16(6-8-17)19(23)21(11-13-24-2)14-18-4-3-12-25-18/h3-10,12H,11,13-14H2,1-2H3. The van der Waals surface area contributed by atoms with Crippen LogP contribution in [0.15, 0.2) is 59.3 Å². The molecule has 0 aliphatic heterocycles. The molecule has 2 aromatic heterocycles. The first-order chi connectivity index (χ1) is 12.2. The Labute approximate surface area is 146 Å². The number of furan rings is 1. The van der Waals surface area contributed by atoms with Crippen molar-refractivity contribution in [3.05, 3.63) is 71.9 Å². The predicted molar refractivity (Wildman–Crippen MR) is 93.6 cm³/mol. The number of benzene rings is 1. The van der Waals surface area contributed by atoms with E-state index in [1.807, 2.05) is 54.1 Å². The van der Waals surface area contributed by atoms with E-state index in [0.29, 0.717) is 25.3 Å². The van der Waals surface area contributed by atoms with Crippen LogP contribution >= 0.6 is 0 Å². The maximum absolute atomic E-state index is 12.8. The van der Waals surface area contributed by atoms with Crippen molar-refractivity contribution in [2.45, 2.75) is 13.5 Å².